The first-order chi connectivity index (χ1) is 15.7. The summed E-state index contributed by atoms with van der Waals surface area (Å²) in [5.41, 5.74) is 2.88. The number of hydrogen-bond acceptors (Lipinski definition) is 5. The largest absolute Gasteiger partial charge is 0.496 e. The lowest BCUT2D eigenvalue weighted by Gasteiger charge is -2.31. The van der Waals surface area contributed by atoms with Crippen LogP contribution < -0.4 is 21.3 Å². The molecule has 1 aliphatic heterocycles. The van der Waals surface area contributed by atoms with Crippen LogP contribution in [0.25, 0.3) is 20.3 Å². The van der Waals surface area contributed by atoms with E-state index in [-0.39, 0.29) is 11.2 Å². The average Bonchev–Trinajstić information content (AvgIpc) is 3.40. The molecule has 0 spiro atoms. The highest BCUT2D eigenvalue weighted by molar-refractivity contribution is 7.25. The molecule has 0 amide bonds. The maximum atomic E-state index is 13.2. The second kappa shape index (κ2) is 7.60. The third-order valence-corrected chi connectivity index (χ3v) is 8.48. The van der Waals surface area contributed by atoms with E-state index >= 15 is 0 Å². The van der Waals surface area contributed by atoms with E-state index in [0.717, 1.165) is 41.6 Å². The molecule has 3 heterocycles. The quantitative estimate of drug-likeness (QED) is 0.501. The van der Waals surface area contributed by atoms with Gasteiger partial charge in [-0.15, -0.1) is 11.3 Å². The molecule has 0 saturated carbocycles. The number of thiophene rings is 1. The van der Waals surface area contributed by atoms with Gasteiger partial charge < -0.3 is 15.0 Å². The summed E-state index contributed by atoms with van der Waals surface area (Å²) in [6.45, 7) is 1.35. The summed E-state index contributed by atoms with van der Waals surface area (Å²) >= 11 is 1.45. The Morgan fingerprint density at radius 2 is 2.03 bits per heavy atom. The van der Waals surface area contributed by atoms with E-state index in [9.17, 15) is 9.59 Å². The fraction of sp³-hybridized carbons (Fsp3) is 0.360. The minimum atomic E-state index is -0.320. The standard InChI is InChI=1S/C25H25N3O3S/c1-31-20-7-4-6-14-16(20)10-9-15-18(14)13-26-19(15)11-12-28-24(29)23-22(27-25(28)30)17-5-2-3-8-21(17)32-23/h2-8,15,18-19,26H,9-13H2,1H3,(H,27,30)/t15-,18+,19?/m1/s1. The van der Waals surface area contributed by atoms with Crippen molar-refractivity contribution in [3.8, 4) is 5.75 Å². The van der Waals surface area contributed by atoms with Crippen molar-refractivity contribution in [1.82, 2.24) is 14.9 Å². The van der Waals surface area contributed by atoms with Crippen molar-refractivity contribution in [3.63, 3.8) is 0 Å². The highest BCUT2D eigenvalue weighted by Crippen LogP contribution is 2.44. The van der Waals surface area contributed by atoms with Gasteiger partial charge in [0.15, 0.2) is 0 Å². The van der Waals surface area contributed by atoms with E-state index in [0.29, 0.717) is 34.6 Å². The number of nitrogens with zero attached hydrogens (tertiary/aromatic N) is 1. The lowest BCUT2D eigenvalue weighted by Crippen LogP contribution is -2.38. The van der Waals surface area contributed by atoms with Crippen LogP contribution >= 0.6 is 11.3 Å². The predicted molar refractivity (Wildman–Crippen MR) is 128 cm³/mol. The van der Waals surface area contributed by atoms with Crippen LogP contribution in [0.5, 0.6) is 5.75 Å². The van der Waals surface area contributed by atoms with Crippen LogP contribution in [0, 0.1) is 5.92 Å². The van der Waals surface area contributed by atoms with E-state index in [2.05, 4.69) is 22.4 Å². The second-order valence-corrected chi connectivity index (χ2v) is 9.88. The number of aromatic nitrogens is 2. The molecule has 0 radical (unpaired) electrons. The number of benzene rings is 2. The number of rotatable bonds is 4. The van der Waals surface area contributed by atoms with Gasteiger partial charge in [-0.05, 0) is 48.4 Å². The first kappa shape index (κ1) is 19.8. The number of fused-ring (bicyclic) bond motifs is 6. The monoisotopic (exact) mass is 447 g/mol. The molecule has 2 aliphatic rings. The van der Waals surface area contributed by atoms with E-state index < -0.39 is 0 Å². The van der Waals surface area contributed by atoms with Crippen LogP contribution in [-0.4, -0.2) is 29.2 Å². The van der Waals surface area contributed by atoms with Gasteiger partial charge in [0, 0.05) is 35.1 Å². The van der Waals surface area contributed by atoms with Crippen LogP contribution in [-0.2, 0) is 13.0 Å². The Balaban J connectivity index is 1.27. The summed E-state index contributed by atoms with van der Waals surface area (Å²) in [6.07, 6.45) is 2.86. The molecular formula is C25H25N3O3S. The zero-order valence-corrected chi connectivity index (χ0v) is 18.7. The molecule has 32 heavy (non-hydrogen) atoms. The lowest BCUT2D eigenvalue weighted by atomic mass is 9.74. The fourth-order valence-electron chi connectivity index (χ4n) is 5.80. The molecular weight excluding hydrogens is 422 g/mol. The zero-order valence-electron chi connectivity index (χ0n) is 17.9. The lowest BCUT2D eigenvalue weighted by molar-refractivity contribution is 0.337. The molecule has 7 heteroatoms. The molecule has 1 saturated heterocycles. The number of aromatic amines is 1. The molecule has 3 atom stereocenters. The van der Waals surface area contributed by atoms with Crippen molar-refractivity contribution in [2.45, 2.75) is 37.8 Å². The smallest absolute Gasteiger partial charge is 0.328 e. The van der Waals surface area contributed by atoms with E-state index in [4.69, 9.17) is 4.74 Å². The summed E-state index contributed by atoms with van der Waals surface area (Å²) in [6, 6.07) is 14.5. The summed E-state index contributed by atoms with van der Waals surface area (Å²) < 4.78 is 8.61. The maximum Gasteiger partial charge on any atom is 0.328 e. The van der Waals surface area contributed by atoms with Gasteiger partial charge in [-0.3, -0.25) is 9.36 Å². The molecule has 1 fully saturated rings. The third-order valence-electron chi connectivity index (χ3n) is 7.33. The second-order valence-electron chi connectivity index (χ2n) is 8.83. The van der Waals surface area contributed by atoms with Gasteiger partial charge in [-0.1, -0.05) is 30.3 Å². The van der Waals surface area contributed by atoms with Gasteiger partial charge in [0.05, 0.1) is 12.6 Å². The van der Waals surface area contributed by atoms with Crippen molar-refractivity contribution < 1.29 is 4.74 Å². The molecule has 0 bridgehead atoms. The van der Waals surface area contributed by atoms with Crippen molar-refractivity contribution >= 4 is 31.6 Å². The Labute approximate surface area is 188 Å². The molecule has 1 aliphatic carbocycles. The van der Waals surface area contributed by atoms with Gasteiger partial charge in [0.2, 0.25) is 0 Å². The van der Waals surface area contributed by atoms with E-state index in [1.807, 2.05) is 30.3 Å². The Bertz CT molecular complexity index is 1450. The SMILES string of the molecule is COc1cccc2c1CC[C@H]1C(CCn3c(=O)[nH]c4c(sc5ccccc54)c3=O)NC[C@@H]21. The minimum Gasteiger partial charge on any atom is -0.496 e. The first-order valence-electron chi connectivity index (χ1n) is 11.2. The number of nitrogens with one attached hydrogen (secondary N) is 2. The van der Waals surface area contributed by atoms with Crippen LogP contribution in [0.2, 0.25) is 0 Å². The average molecular weight is 448 g/mol. The minimum absolute atomic E-state index is 0.182. The fourth-order valence-corrected chi connectivity index (χ4v) is 6.91. The summed E-state index contributed by atoms with van der Waals surface area (Å²) in [5.74, 6) is 1.95. The van der Waals surface area contributed by atoms with Crippen LogP contribution in [0.4, 0.5) is 0 Å². The Morgan fingerprint density at radius 3 is 2.91 bits per heavy atom. The molecule has 6 rings (SSSR count). The number of ether oxygens (including phenoxy) is 1. The van der Waals surface area contributed by atoms with Crippen molar-refractivity contribution in [3.05, 3.63) is 74.4 Å². The molecule has 6 nitrogen and oxygen atoms in total. The highest BCUT2D eigenvalue weighted by atomic mass is 32.1. The van der Waals surface area contributed by atoms with Gasteiger partial charge in [-0.25, -0.2) is 4.79 Å². The number of hydrogen-bond donors (Lipinski definition) is 2. The molecule has 164 valence electrons. The summed E-state index contributed by atoms with van der Waals surface area (Å²) in [4.78, 5) is 28.9. The Morgan fingerprint density at radius 1 is 1.16 bits per heavy atom. The number of H-pyrrole nitrogens is 1. The van der Waals surface area contributed by atoms with Gasteiger partial charge in [0.25, 0.3) is 5.56 Å². The topological polar surface area (TPSA) is 76.1 Å². The van der Waals surface area contributed by atoms with Crippen LogP contribution in [0.3, 0.4) is 0 Å². The Kier molecular flexibility index (Phi) is 4.69. The number of methoxy groups -OCH3 is 1. The third kappa shape index (κ3) is 2.95. The molecule has 1 unspecified atom stereocenters. The molecule has 2 N–H and O–H groups in total. The van der Waals surface area contributed by atoms with Crippen molar-refractivity contribution in [2.24, 2.45) is 5.92 Å². The first-order valence-corrected chi connectivity index (χ1v) is 12.0. The summed E-state index contributed by atoms with van der Waals surface area (Å²) in [5, 5.41) is 4.61. The molecule has 4 aromatic rings. The van der Waals surface area contributed by atoms with Gasteiger partial charge in [-0.2, -0.15) is 0 Å². The summed E-state index contributed by atoms with van der Waals surface area (Å²) in [7, 11) is 1.74. The highest BCUT2D eigenvalue weighted by Gasteiger charge is 2.40. The predicted octanol–water partition coefficient (Wildman–Crippen LogP) is 3.62. The molecule has 2 aromatic heterocycles. The van der Waals surface area contributed by atoms with E-state index in [1.165, 1.54) is 27.0 Å². The van der Waals surface area contributed by atoms with Crippen molar-refractivity contribution in [2.75, 3.05) is 13.7 Å². The van der Waals surface area contributed by atoms with Crippen LogP contribution in [0.1, 0.15) is 29.9 Å². The normalized spacial score (nSPS) is 22.2. The zero-order chi connectivity index (χ0) is 21.8. The maximum absolute atomic E-state index is 13.2. The van der Waals surface area contributed by atoms with Gasteiger partial charge >= 0.3 is 5.69 Å². The van der Waals surface area contributed by atoms with E-state index in [1.54, 1.807) is 7.11 Å². The molecule has 2 aromatic carbocycles. The van der Waals surface area contributed by atoms with Crippen LogP contribution in [0.15, 0.2) is 52.1 Å². The van der Waals surface area contributed by atoms with Gasteiger partial charge in [0.1, 0.15) is 10.4 Å². The Hall–Kier alpha value is -2.90. The van der Waals surface area contributed by atoms with Crippen molar-refractivity contribution in [1.29, 1.82) is 0 Å².